The number of nitrogens with one attached hydrogen (secondary N) is 1. The van der Waals surface area contributed by atoms with E-state index in [0.717, 1.165) is 16.8 Å². The molecule has 0 heterocycles. The number of nitrogens with two attached hydrogens (primary N) is 1. The topological polar surface area (TPSA) is 47.3 Å². The zero-order valence-electron chi connectivity index (χ0n) is 11.2. The predicted octanol–water partition coefficient (Wildman–Crippen LogP) is 3.52. The molecule has 0 fully saturated rings. The highest BCUT2D eigenvalue weighted by Crippen LogP contribution is 2.25. The van der Waals surface area contributed by atoms with E-state index in [1.165, 1.54) is 13.2 Å². The summed E-state index contributed by atoms with van der Waals surface area (Å²) in [7, 11) is 1.54. The summed E-state index contributed by atoms with van der Waals surface area (Å²) >= 11 is 4.96. The van der Waals surface area contributed by atoms with Gasteiger partial charge >= 0.3 is 0 Å². The first-order chi connectivity index (χ1) is 9.51. The van der Waals surface area contributed by atoms with Crippen molar-refractivity contribution in [2.24, 2.45) is 5.73 Å². The molecule has 3 N–H and O–H groups in total. The van der Waals surface area contributed by atoms with E-state index in [1.807, 2.05) is 19.1 Å². The first-order valence-electron chi connectivity index (χ1n) is 6.02. The summed E-state index contributed by atoms with van der Waals surface area (Å²) in [5.41, 5.74) is 8.48. The van der Waals surface area contributed by atoms with Crippen LogP contribution in [0.3, 0.4) is 0 Å². The smallest absolute Gasteiger partial charge is 0.146 e. The summed E-state index contributed by atoms with van der Waals surface area (Å²) in [5, 5.41) is 3.01. The Balaban J connectivity index is 2.30. The minimum absolute atomic E-state index is 0.345. The lowest BCUT2D eigenvalue weighted by atomic mass is 10.1. The van der Waals surface area contributed by atoms with Crippen molar-refractivity contribution < 1.29 is 9.13 Å². The van der Waals surface area contributed by atoms with Gasteiger partial charge in [0.15, 0.2) is 0 Å². The fraction of sp³-hybridized carbons (Fsp3) is 0.133. The van der Waals surface area contributed by atoms with Gasteiger partial charge in [-0.1, -0.05) is 12.2 Å². The van der Waals surface area contributed by atoms with Crippen molar-refractivity contribution in [1.29, 1.82) is 0 Å². The number of aryl methyl sites for hydroxylation is 1. The lowest BCUT2D eigenvalue weighted by Gasteiger charge is -2.11. The van der Waals surface area contributed by atoms with Gasteiger partial charge in [0.05, 0.1) is 12.8 Å². The molecule has 3 nitrogen and oxygen atoms in total. The van der Waals surface area contributed by atoms with Crippen LogP contribution >= 0.6 is 12.2 Å². The SMILES string of the molecule is COc1ccc(F)c(Nc2ccc(C(N)=S)c(C)c2)c1. The molecule has 0 radical (unpaired) electrons. The van der Waals surface area contributed by atoms with Crippen LogP contribution in [0.15, 0.2) is 36.4 Å². The molecule has 0 unspecified atom stereocenters. The second-order valence-electron chi connectivity index (χ2n) is 4.36. The Morgan fingerprint density at radius 1 is 1.25 bits per heavy atom. The third-order valence-corrected chi connectivity index (χ3v) is 3.16. The molecule has 5 heteroatoms. The Bertz CT molecular complexity index is 658. The molecule has 20 heavy (non-hydrogen) atoms. The largest absolute Gasteiger partial charge is 0.497 e. The highest BCUT2D eigenvalue weighted by molar-refractivity contribution is 7.80. The second-order valence-corrected chi connectivity index (χ2v) is 4.80. The zero-order chi connectivity index (χ0) is 14.7. The summed E-state index contributed by atoms with van der Waals surface area (Å²) in [6.07, 6.45) is 0. The average molecular weight is 290 g/mol. The second kappa shape index (κ2) is 5.88. The maximum atomic E-state index is 13.7. The van der Waals surface area contributed by atoms with Crippen LogP contribution in [0, 0.1) is 12.7 Å². The van der Waals surface area contributed by atoms with Crippen LogP contribution in [0.4, 0.5) is 15.8 Å². The minimum Gasteiger partial charge on any atom is -0.497 e. The number of anilines is 2. The monoisotopic (exact) mass is 290 g/mol. The predicted molar refractivity (Wildman–Crippen MR) is 83.3 cm³/mol. The maximum Gasteiger partial charge on any atom is 0.146 e. The van der Waals surface area contributed by atoms with E-state index in [-0.39, 0.29) is 5.82 Å². The highest BCUT2D eigenvalue weighted by atomic mass is 32.1. The number of methoxy groups -OCH3 is 1. The number of rotatable bonds is 4. The Morgan fingerprint density at radius 3 is 2.60 bits per heavy atom. The molecule has 0 aliphatic rings. The third kappa shape index (κ3) is 3.05. The normalized spacial score (nSPS) is 10.2. The molecule has 0 aromatic heterocycles. The zero-order valence-corrected chi connectivity index (χ0v) is 12.1. The van der Waals surface area contributed by atoms with Gasteiger partial charge in [-0.3, -0.25) is 0 Å². The fourth-order valence-corrected chi connectivity index (χ4v) is 2.13. The van der Waals surface area contributed by atoms with E-state index >= 15 is 0 Å². The fourth-order valence-electron chi connectivity index (χ4n) is 1.90. The summed E-state index contributed by atoms with van der Waals surface area (Å²) in [5.74, 6) is 0.243. The minimum atomic E-state index is -0.345. The van der Waals surface area contributed by atoms with Gasteiger partial charge in [-0.2, -0.15) is 0 Å². The van der Waals surface area contributed by atoms with Crippen molar-refractivity contribution in [3.63, 3.8) is 0 Å². The van der Waals surface area contributed by atoms with Gasteiger partial charge < -0.3 is 15.8 Å². The lowest BCUT2D eigenvalue weighted by Crippen LogP contribution is -2.11. The van der Waals surface area contributed by atoms with Crippen LogP contribution in [-0.4, -0.2) is 12.1 Å². The third-order valence-electron chi connectivity index (χ3n) is 2.94. The number of thiocarbonyl (C=S) groups is 1. The van der Waals surface area contributed by atoms with Gasteiger partial charge in [0.1, 0.15) is 16.6 Å². The van der Waals surface area contributed by atoms with Gasteiger partial charge in [0.25, 0.3) is 0 Å². The van der Waals surface area contributed by atoms with Crippen LogP contribution in [0.25, 0.3) is 0 Å². The number of benzene rings is 2. The van der Waals surface area contributed by atoms with Crippen LogP contribution in [0.1, 0.15) is 11.1 Å². The molecule has 2 aromatic rings. The molecule has 0 spiro atoms. The van der Waals surface area contributed by atoms with Crippen molar-refractivity contribution in [1.82, 2.24) is 0 Å². The standard InChI is InChI=1S/C15H15FN2OS/c1-9-7-10(3-5-12(9)15(17)20)18-14-8-11(19-2)4-6-13(14)16/h3-8,18H,1-2H3,(H2,17,20). The molecule has 104 valence electrons. The molecular weight excluding hydrogens is 275 g/mol. The van der Waals surface area contributed by atoms with Gasteiger partial charge in [0, 0.05) is 17.3 Å². The summed E-state index contributed by atoms with van der Waals surface area (Å²) in [4.78, 5) is 0.349. The maximum absolute atomic E-state index is 13.7. The summed E-state index contributed by atoms with van der Waals surface area (Å²) < 4.78 is 18.8. The molecule has 0 atom stereocenters. The first kappa shape index (κ1) is 14.3. The van der Waals surface area contributed by atoms with Crippen molar-refractivity contribution in [2.45, 2.75) is 6.92 Å². The Morgan fingerprint density at radius 2 is 2.00 bits per heavy atom. The van der Waals surface area contributed by atoms with E-state index in [9.17, 15) is 4.39 Å². The Kier molecular flexibility index (Phi) is 4.20. The van der Waals surface area contributed by atoms with Gasteiger partial charge in [-0.25, -0.2) is 4.39 Å². The number of ether oxygens (including phenoxy) is 1. The Labute approximate surface area is 122 Å². The number of halogens is 1. The van der Waals surface area contributed by atoms with Crippen molar-refractivity contribution >= 4 is 28.6 Å². The van der Waals surface area contributed by atoms with E-state index in [4.69, 9.17) is 22.7 Å². The van der Waals surface area contributed by atoms with E-state index in [0.29, 0.717) is 16.4 Å². The van der Waals surface area contributed by atoms with Crippen molar-refractivity contribution in [3.05, 3.63) is 53.3 Å². The molecular formula is C15H15FN2OS. The number of hydrogen-bond donors (Lipinski definition) is 2. The van der Waals surface area contributed by atoms with Crippen LogP contribution in [0.2, 0.25) is 0 Å². The van der Waals surface area contributed by atoms with Crippen molar-refractivity contribution in [3.8, 4) is 5.75 Å². The molecule has 0 amide bonds. The lowest BCUT2D eigenvalue weighted by molar-refractivity contribution is 0.414. The highest BCUT2D eigenvalue weighted by Gasteiger charge is 2.07. The summed E-state index contributed by atoms with van der Waals surface area (Å²) in [6, 6.07) is 10.0. The first-order valence-corrected chi connectivity index (χ1v) is 6.43. The van der Waals surface area contributed by atoms with E-state index < -0.39 is 0 Å². The van der Waals surface area contributed by atoms with Gasteiger partial charge in [-0.15, -0.1) is 0 Å². The average Bonchev–Trinajstić information content (AvgIpc) is 2.41. The van der Waals surface area contributed by atoms with E-state index in [2.05, 4.69) is 5.32 Å². The van der Waals surface area contributed by atoms with Crippen LogP contribution < -0.4 is 15.8 Å². The van der Waals surface area contributed by atoms with Crippen LogP contribution in [0.5, 0.6) is 5.75 Å². The van der Waals surface area contributed by atoms with Gasteiger partial charge in [0.2, 0.25) is 0 Å². The molecule has 0 aliphatic heterocycles. The van der Waals surface area contributed by atoms with Crippen LogP contribution in [-0.2, 0) is 0 Å². The molecule has 2 rings (SSSR count). The molecule has 2 aromatic carbocycles. The molecule has 0 saturated heterocycles. The molecule has 0 bridgehead atoms. The Hall–Kier alpha value is -2.14. The quantitative estimate of drug-likeness (QED) is 0.846. The molecule has 0 aliphatic carbocycles. The van der Waals surface area contributed by atoms with E-state index in [1.54, 1.807) is 18.2 Å². The van der Waals surface area contributed by atoms with Crippen molar-refractivity contribution in [2.75, 3.05) is 12.4 Å². The summed E-state index contributed by atoms with van der Waals surface area (Å²) in [6.45, 7) is 1.90. The molecule has 0 saturated carbocycles. The number of hydrogen-bond acceptors (Lipinski definition) is 3. The van der Waals surface area contributed by atoms with Gasteiger partial charge in [-0.05, 0) is 42.8 Å².